The van der Waals surface area contributed by atoms with Crippen LogP contribution in [0.15, 0.2) is 23.8 Å². The summed E-state index contributed by atoms with van der Waals surface area (Å²) in [6.07, 6.45) is 3.45. The van der Waals surface area contributed by atoms with Crippen molar-refractivity contribution in [1.29, 1.82) is 0 Å². The van der Waals surface area contributed by atoms with Gasteiger partial charge in [0, 0.05) is 43.8 Å². The van der Waals surface area contributed by atoms with Crippen molar-refractivity contribution in [3.8, 4) is 16.3 Å². The number of hydrogen-bond acceptors (Lipinski definition) is 9. The summed E-state index contributed by atoms with van der Waals surface area (Å²) in [7, 11) is 3.81. The number of nitrogens with zero attached hydrogens (tertiary/aromatic N) is 5. The minimum absolute atomic E-state index is 0.744. The molecule has 1 aliphatic rings. The van der Waals surface area contributed by atoms with E-state index in [9.17, 15) is 0 Å². The van der Waals surface area contributed by atoms with Crippen LogP contribution in [0.4, 0.5) is 16.0 Å². The molecule has 142 valence electrons. The summed E-state index contributed by atoms with van der Waals surface area (Å²) < 4.78 is 5.36. The SMILES string of the molecule is COc1ccncc1Nc1nc(-c2sc(N3CCN(C)CC3)nc2C)cs1. The van der Waals surface area contributed by atoms with Gasteiger partial charge in [0.2, 0.25) is 0 Å². The first-order valence-electron chi connectivity index (χ1n) is 8.76. The highest BCUT2D eigenvalue weighted by atomic mass is 32.1. The number of anilines is 3. The van der Waals surface area contributed by atoms with Gasteiger partial charge in [0.25, 0.3) is 0 Å². The molecule has 3 aromatic rings. The first kappa shape index (κ1) is 18.1. The molecule has 0 aromatic carbocycles. The van der Waals surface area contributed by atoms with Gasteiger partial charge in [0.05, 0.1) is 29.6 Å². The Morgan fingerprint density at radius 3 is 2.78 bits per heavy atom. The van der Waals surface area contributed by atoms with E-state index < -0.39 is 0 Å². The Labute approximate surface area is 166 Å². The van der Waals surface area contributed by atoms with Crippen molar-refractivity contribution in [3.63, 3.8) is 0 Å². The van der Waals surface area contributed by atoms with Gasteiger partial charge in [0.15, 0.2) is 10.3 Å². The maximum absolute atomic E-state index is 5.36. The molecule has 3 aromatic heterocycles. The van der Waals surface area contributed by atoms with E-state index in [0.29, 0.717) is 0 Å². The number of ether oxygens (including phenoxy) is 1. The number of pyridine rings is 1. The van der Waals surface area contributed by atoms with Crippen LogP contribution >= 0.6 is 22.7 Å². The van der Waals surface area contributed by atoms with E-state index in [1.165, 1.54) is 0 Å². The van der Waals surface area contributed by atoms with E-state index in [1.807, 2.05) is 6.07 Å². The molecule has 0 bridgehead atoms. The Morgan fingerprint density at radius 1 is 1.19 bits per heavy atom. The molecule has 0 unspecified atom stereocenters. The van der Waals surface area contributed by atoms with Crippen LogP contribution in [0.3, 0.4) is 0 Å². The zero-order chi connectivity index (χ0) is 18.8. The number of nitrogens with one attached hydrogen (secondary N) is 1. The molecule has 0 spiro atoms. The lowest BCUT2D eigenvalue weighted by Gasteiger charge is -2.32. The fourth-order valence-electron chi connectivity index (χ4n) is 2.96. The molecule has 7 nitrogen and oxygen atoms in total. The van der Waals surface area contributed by atoms with Gasteiger partial charge in [-0.15, -0.1) is 11.3 Å². The van der Waals surface area contributed by atoms with Crippen molar-refractivity contribution in [3.05, 3.63) is 29.5 Å². The van der Waals surface area contributed by atoms with Crippen LogP contribution < -0.4 is 15.0 Å². The van der Waals surface area contributed by atoms with Crippen molar-refractivity contribution in [1.82, 2.24) is 19.9 Å². The maximum atomic E-state index is 5.36. The molecule has 1 N–H and O–H groups in total. The van der Waals surface area contributed by atoms with Crippen LogP contribution in [0.5, 0.6) is 5.75 Å². The maximum Gasteiger partial charge on any atom is 0.187 e. The molecule has 1 fully saturated rings. The summed E-state index contributed by atoms with van der Waals surface area (Å²) in [5.74, 6) is 0.744. The second-order valence-corrected chi connectivity index (χ2v) is 8.28. The van der Waals surface area contributed by atoms with Crippen molar-refractivity contribution < 1.29 is 4.74 Å². The molecule has 4 rings (SSSR count). The van der Waals surface area contributed by atoms with Crippen molar-refractivity contribution >= 4 is 38.6 Å². The van der Waals surface area contributed by atoms with Crippen LogP contribution in [0.25, 0.3) is 10.6 Å². The molecule has 1 saturated heterocycles. The Morgan fingerprint density at radius 2 is 2.00 bits per heavy atom. The van der Waals surface area contributed by atoms with E-state index in [2.05, 4.69) is 39.5 Å². The molecule has 0 amide bonds. The first-order chi connectivity index (χ1) is 13.1. The third-order valence-electron chi connectivity index (χ3n) is 4.54. The topological polar surface area (TPSA) is 66.4 Å². The van der Waals surface area contributed by atoms with Gasteiger partial charge >= 0.3 is 0 Å². The second-order valence-electron chi connectivity index (χ2n) is 6.44. The Hall–Kier alpha value is -2.23. The van der Waals surface area contributed by atoms with Crippen molar-refractivity contribution in [2.24, 2.45) is 0 Å². The summed E-state index contributed by atoms with van der Waals surface area (Å²) in [6, 6.07) is 1.83. The molecule has 1 aliphatic heterocycles. The fraction of sp³-hybridized carbons (Fsp3) is 0.389. The number of likely N-dealkylation sites (N-methyl/N-ethyl adjacent to an activating group) is 1. The van der Waals surface area contributed by atoms with Crippen LogP contribution in [-0.2, 0) is 0 Å². The lowest BCUT2D eigenvalue weighted by atomic mass is 10.3. The monoisotopic (exact) mass is 402 g/mol. The Kier molecular flexibility index (Phi) is 5.24. The molecule has 0 saturated carbocycles. The van der Waals surface area contributed by atoms with Gasteiger partial charge in [-0.2, -0.15) is 0 Å². The highest BCUT2D eigenvalue weighted by Crippen LogP contribution is 2.37. The number of methoxy groups -OCH3 is 1. The second kappa shape index (κ2) is 7.79. The average molecular weight is 403 g/mol. The number of aromatic nitrogens is 3. The van der Waals surface area contributed by atoms with Crippen molar-refractivity contribution in [2.75, 3.05) is 50.6 Å². The standard InChI is InChI=1S/C18H22N6OS2/c1-12-16(27-18(20-12)24-8-6-23(2)7-9-24)14-11-26-17(22-14)21-13-10-19-5-4-15(13)25-3/h4-5,10-11H,6-9H2,1-3H3,(H,21,22). The van der Waals surface area contributed by atoms with Gasteiger partial charge in [-0.25, -0.2) is 9.97 Å². The van der Waals surface area contributed by atoms with Crippen LogP contribution in [-0.4, -0.2) is 60.2 Å². The normalized spacial score (nSPS) is 15.1. The van der Waals surface area contributed by atoms with E-state index >= 15 is 0 Å². The summed E-state index contributed by atoms with van der Waals surface area (Å²) in [5.41, 5.74) is 2.80. The Balaban J connectivity index is 1.53. The quantitative estimate of drug-likeness (QED) is 0.701. The summed E-state index contributed by atoms with van der Waals surface area (Å²) in [6.45, 7) is 6.25. The molecule has 0 aliphatic carbocycles. The van der Waals surface area contributed by atoms with Gasteiger partial charge in [-0.3, -0.25) is 4.98 Å². The van der Waals surface area contributed by atoms with Gasteiger partial charge in [-0.05, 0) is 14.0 Å². The molecule has 4 heterocycles. The minimum atomic E-state index is 0.744. The summed E-state index contributed by atoms with van der Waals surface area (Å²) in [5, 5.41) is 7.27. The van der Waals surface area contributed by atoms with Gasteiger partial charge < -0.3 is 19.9 Å². The van der Waals surface area contributed by atoms with Crippen LogP contribution in [0.1, 0.15) is 5.69 Å². The molecular formula is C18H22N6OS2. The molecule has 9 heteroatoms. The highest BCUT2D eigenvalue weighted by molar-refractivity contribution is 7.19. The zero-order valence-corrected chi connectivity index (χ0v) is 17.2. The van der Waals surface area contributed by atoms with E-state index in [-0.39, 0.29) is 0 Å². The number of rotatable bonds is 5. The smallest absolute Gasteiger partial charge is 0.187 e. The summed E-state index contributed by atoms with van der Waals surface area (Å²) >= 11 is 3.29. The lowest BCUT2D eigenvalue weighted by molar-refractivity contribution is 0.312. The summed E-state index contributed by atoms with van der Waals surface area (Å²) in [4.78, 5) is 19.5. The fourth-order valence-corrected chi connectivity index (χ4v) is 4.82. The van der Waals surface area contributed by atoms with Crippen molar-refractivity contribution in [2.45, 2.75) is 6.92 Å². The van der Waals surface area contributed by atoms with Crippen LogP contribution in [0, 0.1) is 6.92 Å². The number of hydrogen-bond donors (Lipinski definition) is 1. The third-order valence-corrected chi connectivity index (χ3v) is 6.54. The largest absolute Gasteiger partial charge is 0.494 e. The number of thiazole rings is 2. The van der Waals surface area contributed by atoms with Gasteiger partial charge in [-0.1, -0.05) is 11.3 Å². The third kappa shape index (κ3) is 3.90. The molecule has 0 atom stereocenters. The minimum Gasteiger partial charge on any atom is -0.494 e. The first-order valence-corrected chi connectivity index (χ1v) is 10.5. The average Bonchev–Trinajstić information content (AvgIpc) is 3.29. The number of piperazine rings is 1. The van der Waals surface area contributed by atoms with E-state index in [0.717, 1.165) is 64.1 Å². The predicted molar refractivity (Wildman–Crippen MR) is 112 cm³/mol. The van der Waals surface area contributed by atoms with E-state index in [1.54, 1.807) is 42.2 Å². The number of aryl methyl sites for hydroxylation is 1. The molecular weight excluding hydrogens is 380 g/mol. The highest BCUT2D eigenvalue weighted by Gasteiger charge is 2.20. The van der Waals surface area contributed by atoms with Gasteiger partial charge in [0.1, 0.15) is 11.4 Å². The van der Waals surface area contributed by atoms with E-state index in [4.69, 9.17) is 14.7 Å². The molecule has 27 heavy (non-hydrogen) atoms. The Bertz CT molecular complexity index is 916. The van der Waals surface area contributed by atoms with Crippen LogP contribution in [0.2, 0.25) is 0 Å². The molecule has 0 radical (unpaired) electrons. The zero-order valence-electron chi connectivity index (χ0n) is 15.6. The lowest BCUT2D eigenvalue weighted by Crippen LogP contribution is -2.44. The predicted octanol–water partition coefficient (Wildman–Crippen LogP) is 3.47.